The Morgan fingerprint density at radius 1 is 1.14 bits per heavy atom. The van der Waals surface area contributed by atoms with Gasteiger partial charge in [0.1, 0.15) is 11.5 Å². The van der Waals surface area contributed by atoms with Crippen LogP contribution in [0.1, 0.15) is 5.56 Å². The van der Waals surface area contributed by atoms with Crippen molar-refractivity contribution in [2.24, 2.45) is 4.40 Å². The van der Waals surface area contributed by atoms with E-state index in [1.807, 2.05) is 0 Å². The third-order valence-corrected chi connectivity index (χ3v) is 5.78. The Hall–Kier alpha value is -1.25. The first-order chi connectivity index (χ1) is 9.85. The molecule has 1 aliphatic rings. The molecule has 0 aromatic heterocycles. The number of benzene rings is 1. The molecule has 2 rings (SSSR count). The quantitative estimate of drug-likeness (QED) is 0.753. The van der Waals surface area contributed by atoms with Crippen molar-refractivity contribution >= 4 is 23.6 Å². The molecule has 0 aliphatic carbocycles. The fourth-order valence-corrected chi connectivity index (χ4v) is 4.44. The van der Waals surface area contributed by atoms with Gasteiger partial charge in [-0.2, -0.15) is 8.42 Å². The molecular formula is C11H14NO7PS. The lowest BCUT2D eigenvalue weighted by molar-refractivity contribution is 0.227. The largest absolute Gasteiger partial charge is 0.497 e. The first kappa shape index (κ1) is 16.1. The molecule has 10 heteroatoms. The molecule has 116 valence electrons. The van der Waals surface area contributed by atoms with Gasteiger partial charge in [0, 0.05) is 19.8 Å². The smallest absolute Gasteiger partial charge is 0.382 e. The Morgan fingerprint density at radius 2 is 1.71 bits per heavy atom. The molecule has 1 aliphatic heterocycles. The highest BCUT2D eigenvalue weighted by atomic mass is 32.2. The van der Waals surface area contributed by atoms with Gasteiger partial charge in [-0.1, -0.05) is 0 Å². The first-order valence-electron chi connectivity index (χ1n) is 5.74. The van der Waals surface area contributed by atoms with Gasteiger partial charge in [-0.3, -0.25) is 4.57 Å². The van der Waals surface area contributed by atoms with Gasteiger partial charge in [0.15, 0.2) is 0 Å². The highest BCUT2D eigenvalue weighted by Gasteiger charge is 2.47. The Bertz CT molecular complexity index is 690. The predicted molar refractivity (Wildman–Crippen MR) is 74.9 cm³/mol. The van der Waals surface area contributed by atoms with Crippen LogP contribution in [0.15, 0.2) is 28.7 Å². The van der Waals surface area contributed by atoms with Gasteiger partial charge < -0.3 is 13.8 Å². The second-order valence-electron chi connectivity index (χ2n) is 3.99. The van der Waals surface area contributed by atoms with E-state index in [9.17, 15) is 13.0 Å². The van der Waals surface area contributed by atoms with Crippen molar-refractivity contribution in [3.8, 4) is 5.75 Å². The zero-order chi connectivity index (χ0) is 15.7. The molecule has 0 saturated carbocycles. The van der Waals surface area contributed by atoms with Crippen molar-refractivity contribution in [3.63, 3.8) is 0 Å². The molecule has 1 heterocycles. The number of nitrogens with zero attached hydrogens (tertiary/aromatic N) is 1. The zero-order valence-electron chi connectivity index (χ0n) is 11.5. The van der Waals surface area contributed by atoms with Crippen molar-refractivity contribution in [2.45, 2.75) is 5.85 Å². The minimum Gasteiger partial charge on any atom is -0.497 e. The van der Waals surface area contributed by atoms with Crippen molar-refractivity contribution < 1.29 is 31.0 Å². The third-order valence-electron chi connectivity index (χ3n) is 2.84. The fraction of sp³-hybridized carbons (Fsp3) is 0.364. The van der Waals surface area contributed by atoms with Crippen LogP contribution < -0.4 is 4.74 Å². The van der Waals surface area contributed by atoms with E-state index < -0.39 is 23.7 Å². The monoisotopic (exact) mass is 335 g/mol. The number of ether oxygens (including phenoxy) is 1. The van der Waals surface area contributed by atoms with E-state index in [-0.39, 0.29) is 5.71 Å². The fourth-order valence-electron chi connectivity index (χ4n) is 1.77. The van der Waals surface area contributed by atoms with Crippen LogP contribution in [0.25, 0.3) is 0 Å². The predicted octanol–water partition coefficient (Wildman–Crippen LogP) is 1.57. The summed E-state index contributed by atoms with van der Waals surface area (Å²) < 4.78 is 58.4. The van der Waals surface area contributed by atoms with Gasteiger partial charge in [0.2, 0.25) is 5.85 Å². The molecule has 1 aromatic rings. The molecule has 0 spiro atoms. The average molecular weight is 335 g/mol. The van der Waals surface area contributed by atoms with E-state index in [4.69, 9.17) is 18.0 Å². The molecule has 0 radical (unpaired) electrons. The molecule has 0 bridgehead atoms. The van der Waals surface area contributed by atoms with E-state index >= 15 is 0 Å². The van der Waals surface area contributed by atoms with Gasteiger partial charge >= 0.3 is 17.9 Å². The number of hydrogen-bond acceptors (Lipinski definition) is 7. The normalized spacial score (nSPS) is 21.1. The maximum Gasteiger partial charge on any atom is 0.382 e. The summed E-state index contributed by atoms with van der Waals surface area (Å²) in [5.41, 5.74) is 0.376. The molecule has 1 unspecified atom stereocenters. The summed E-state index contributed by atoms with van der Waals surface area (Å²) >= 11 is 0. The number of methoxy groups -OCH3 is 1. The molecule has 1 aromatic carbocycles. The van der Waals surface area contributed by atoms with Crippen molar-refractivity contribution in [3.05, 3.63) is 29.8 Å². The average Bonchev–Trinajstić information content (AvgIpc) is 2.83. The van der Waals surface area contributed by atoms with Gasteiger partial charge in [0.05, 0.1) is 7.11 Å². The summed E-state index contributed by atoms with van der Waals surface area (Å²) in [5.74, 6) is -0.856. The highest BCUT2D eigenvalue weighted by molar-refractivity contribution is 7.86. The first-order valence-corrected chi connectivity index (χ1v) is 8.71. The minimum atomic E-state index is -4.19. The lowest BCUT2D eigenvalue weighted by atomic mass is 10.1. The summed E-state index contributed by atoms with van der Waals surface area (Å²) in [6.07, 6.45) is 0. The van der Waals surface area contributed by atoms with Crippen LogP contribution in [0.2, 0.25) is 0 Å². The van der Waals surface area contributed by atoms with Crippen molar-refractivity contribution in [1.82, 2.24) is 0 Å². The summed E-state index contributed by atoms with van der Waals surface area (Å²) in [7, 11) is -4.21. The molecule has 8 nitrogen and oxygen atoms in total. The summed E-state index contributed by atoms with van der Waals surface area (Å²) in [4.78, 5) is 0. The summed E-state index contributed by atoms with van der Waals surface area (Å²) in [6, 6.07) is 6.38. The van der Waals surface area contributed by atoms with Gasteiger partial charge in [0.25, 0.3) is 0 Å². The molecule has 0 N–H and O–H groups in total. The van der Waals surface area contributed by atoms with Crippen LogP contribution in [0.3, 0.4) is 0 Å². The topological polar surface area (TPSA) is 100 Å². The second-order valence-corrected chi connectivity index (χ2v) is 7.50. The van der Waals surface area contributed by atoms with E-state index in [0.29, 0.717) is 11.3 Å². The van der Waals surface area contributed by atoms with Crippen molar-refractivity contribution in [2.75, 3.05) is 21.3 Å². The lowest BCUT2D eigenvalue weighted by Gasteiger charge is -2.19. The van der Waals surface area contributed by atoms with Crippen molar-refractivity contribution in [1.29, 1.82) is 0 Å². The molecule has 0 saturated heterocycles. The molecular weight excluding hydrogens is 321 g/mol. The lowest BCUT2D eigenvalue weighted by Crippen LogP contribution is -2.22. The minimum absolute atomic E-state index is 0.0373. The van der Waals surface area contributed by atoms with E-state index in [2.05, 4.69) is 4.40 Å². The summed E-state index contributed by atoms with van der Waals surface area (Å²) in [6.45, 7) is 0. The van der Waals surface area contributed by atoms with Crippen LogP contribution in [-0.2, 0) is 28.1 Å². The SMILES string of the molecule is COc1ccc(C2=NS(=O)(=O)OC2P(=O)(OC)OC)cc1. The van der Waals surface area contributed by atoms with Crippen LogP contribution in [-0.4, -0.2) is 41.3 Å². The molecule has 0 fully saturated rings. The van der Waals surface area contributed by atoms with E-state index in [1.54, 1.807) is 24.3 Å². The standard InChI is InChI=1S/C11H14NO7PS/c1-16-9-6-4-8(5-7-9)10-11(19-21(14,15)12-10)20(13,17-2)18-3/h4-7,11H,1-3H3. The van der Waals surface area contributed by atoms with Gasteiger partial charge in [-0.05, 0) is 24.3 Å². The Morgan fingerprint density at radius 3 is 2.19 bits per heavy atom. The number of hydrogen-bond donors (Lipinski definition) is 0. The van der Waals surface area contributed by atoms with Gasteiger partial charge in [-0.15, -0.1) is 4.40 Å². The maximum absolute atomic E-state index is 12.4. The Labute approximate surface area is 122 Å². The molecule has 1 atom stereocenters. The van der Waals surface area contributed by atoms with E-state index in [1.165, 1.54) is 7.11 Å². The Kier molecular flexibility index (Phi) is 4.50. The zero-order valence-corrected chi connectivity index (χ0v) is 13.3. The maximum atomic E-state index is 12.4. The van der Waals surface area contributed by atoms with Gasteiger partial charge in [-0.25, -0.2) is 4.18 Å². The van der Waals surface area contributed by atoms with E-state index in [0.717, 1.165) is 14.2 Å². The molecule has 0 amide bonds. The summed E-state index contributed by atoms with van der Waals surface area (Å²) in [5, 5.41) is 0. The number of rotatable bonds is 5. The van der Waals surface area contributed by atoms with Crippen LogP contribution >= 0.6 is 7.60 Å². The third kappa shape index (κ3) is 3.17. The highest BCUT2D eigenvalue weighted by Crippen LogP contribution is 2.55. The Balaban J connectivity index is 2.48. The second kappa shape index (κ2) is 5.86. The molecule has 21 heavy (non-hydrogen) atoms. The van der Waals surface area contributed by atoms with Crippen LogP contribution in [0.4, 0.5) is 0 Å². The van der Waals surface area contributed by atoms with Crippen LogP contribution in [0, 0.1) is 0 Å². The van der Waals surface area contributed by atoms with Crippen LogP contribution in [0.5, 0.6) is 5.75 Å².